The average molecular weight is 550 g/mol. The van der Waals surface area contributed by atoms with Gasteiger partial charge in [-0.2, -0.15) is 0 Å². The molecule has 1 aromatic heterocycles. The fraction of sp³-hybridized carbons (Fsp3) is 0.267. The zero-order chi connectivity index (χ0) is 27.9. The van der Waals surface area contributed by atoms with Gasteiger partial charge in [-0.3, -0.25) is 9.59 Å². The number of ether oxygens (including phenoxy) is 1. The van der Waals surface area contributed by atoms with Crippen molar-refractivity contribution >= 4 is 28.4 Å². The highest BCUT2D eigenvalue weighted by atomic mass is 35.5. The normalized spacial score (nSPS) is 11.9. The number of aliphatic hydroxyl groups is 1. The number of amides is 1. The van der Waals surface area contributed by atoms with Crippen LogP contribution in [0.25, 0.3) is 10.9 Å². The number of pyridine rings is 1. The van der Waals surface area contributed by atoms with Crippen molar-refractivity contribution in [3.8, 4) is 11.5 Å². The molecule has 0 aliphatic carbocycles. The fourth-order valence-corrected chi connectivity index (χ4v) is 4.51. The molecule has 0 bridgehead atoms. The van der Waals surface area contributed by atoms with Crippen LogP contribution in [0.3, 0.4) is 0 Å². The number of H-pyrrole nitrogens is 1. The molecular formula is C30H32ClN3O5. The zero-order valence-electron chi connectivity index (χ0n) is 21.9. The van der Waals surface area contributed by atoms with Gasteiger partial charge in [0.15, 0.2) is 11.5 Å². The summed E-state index contributed by atoms with van der Waals surface area (Å²) in [5.74, 6) is -0.00363. The molecule has 4 rings (SSSR count). The van der Waals surface area contributed by atoms with E-state index in [1.54, 1.807) is 31.3 Å². The highest BCUT2D eigenvalue weighted by Crippen LogP contribution is 2.29. The molecule has 1 amide bonds. The number of benzene rings is 3. The molecule has 39 heavy (non-hydrogen) atoms. The molecule has 1 atom stereocenters. The maximum absolute atomic E-state index is 13.2. The number of hydrogen-bond donors (Lipinski definition) is 4. The molecular weight excluding hydrogens is 518 g/mol. The average Bonchev–Trinajstić information content (AvgIpc) is 2.94. The van der Waals surface area contributed by atoms with E-state index in [0.29, 0.717) is 59.7 Å². The van der Waals surface area contributed by atoms with Crippen molar-refractivity contribution < 1.29 is 19.7 Å². The fourth-order valence-electron chi connectivity index (χ4n) is 4.39. The summed E-state index contributed by atoms with van der Waals surface area (Å²) < 4.78 is 5.10. The number of nitrogens with zero attached hydrogens (tertiary/aromatic N) is 1. The van der Waals surface area contributed by atoms with E-state index in [4.69, 9.17) is 16.3 Å². The van der Waals surface area contributed by atoms with Crippen LogP contribution in [0.5, 0.6) is 11.5 Å². The molecule has 0 aliphatic rings. The van der Waals surface area contributed by atoms with Crippen LogP contribution in [0.2, 0.25) is 5.02 Å². The van der Waals surface area contributed by atoms with Crippen molar-refractivity contribution in [3.63, 3.8) is 0 Å². The third-order valence-corrected chi connectivity index (χ3v) is 6.88. The van der Waals surface area contributed by atoms with E-state index in [9.17, 15) is 19.8 Å². The smallest absolute Gasteiger partial charge is 0.259 e. The van der Waals surface area contributed by atoms with Gasteiger partial charge in [-0.1, -0.05) is 35.9 Å². The molecule has 0 saturated carbocycles. The van der Waals surface area contributed by atoms with Gasteiger partial charge < -0.3 is 30.2 Å². The number of nitrogens with one attached hydrogen (secondary N) is 2. The standard InChI is InChI=1S/C30H32ClN3O5/c1-34(18-20-3-7-22(31)8-4-20)30(38)24-17-33-25-9-5-19(15-23(25)29(24)37)11-13-32-14-12-26(35)21-6-10-27(36)28(16-21)39-2/h3-10,15-17,26,32,35-36H,11-14,18H2,1-2H3,(H,33,37). The lowest BCUT2D eigenvalue weighted by molar-refractivity contribution is 0.0783. The van der Waals surface area contributed by atoms with E-state index < -0.39 is 6.10 Å². The Balaban J connectivity index is 1.35. The Bertz CT molecular complexity index is 1500. The number of aromatic nitrogens is 1. The first-order chi connectivity index (χ1) is 18.8. The topological polar surface area (TPSA) is 115 Å². The minimum absolute atomic E-state index is 0.0299. The Morgan fingerprint density at radius 1 is 1.08 bits per heavy atom. The number of hydrogen-bond acceptors (Lipinski definition) is 6. The second kappa shape index (κ2) is 12.8. The number of carbonyl (C=O) groups is 1. The number of aromatic hydroxyl groups is 1. The van der Waals surface area contributed by atoms with Crippen molar-refractivity contribution in [2.24, 2.45) is 0 Å². The lowest BCUT2D eigenvalue weighted by Crippen LogP contribution is -2.30. The second-order valence-corrected chi connectivity index (χ2v) is 9.87. The van der Waals surface area contributed by atoms with Crippen molar-refractivity contribution in [3.05, 3.63) is 104 Å². The van der Waals surface area contributed by atoms with E-state index in [0.717, 1.165) is 11.1 Å². The lowest BCUT2D eigenvalue weighted by atomic mass is 10.0. The highest BCUT2D eigenvalue weighted by Gasteiger charge is 2.18. The van der Waals surface area contributed by atoms with Crippen LogP contribution in [-0.2, 0) is 13.0 Å². The van der Waals surface area contributed by atoms with Crippen molar-refractivity contribution in [1.82, 2.24) is 15.2 Å². The second-order valence-electron chi connectivity index (χ2n) is 9.43. The van der Waals surface area contributed by atoms with Crippen molar-refractivity contribution in [1.29, 1.82) is 0 Å². The predicted octanol–water partition coefficient (Wildman–Crippen LogP) is 4.42. The molecule has 0 radical (unpaired) electrons. The number of aromatic amines is 1. The summed E-state index contributed by atoms with van der Waals surface area (Å²) in [5, 5.41) is 24.6. The molecule has 3 aromatic carbocycles. The molecule has 1 heterocycles. The van der Waals surface area contributed by atoms with Gasteiger partial charge in [-0.25, -0.2) is 0 Å². The van der Waals surface area contributed by atoms with Crippen molar-refractivity contribution in [2.45, 2.75) is 25.5 Å². The van der Waals surface area contributed by atoms with Crippen LogP contribution in [0.4, 0.5) is 0 Å². The number of carbonyl (C=O) groups excluding carboxylic acids is 1. The Morgan fingerprint density at radius 3 is 2.56 bits per heavy atom. The third kappa shape index (κ3) is 6.97. The van der Waals surface area contributed by atoms with E-state index >= 15 is 0 Å². The van der Waals surface area contributed by atoms with E-state index in [2.05, 4.69) is 10.3 Å². The monoisotopic (exact) mass is 549 g/mol. The number of halogens is 1. The molecule has 204 valence electrons. The molecule has 4 N–H and O–H groups in total. The lowest BCUT2D eigenvalue weighted by Gasteiger charge is -2.17. The SMILES string of the molecule is COc1cc(C(O)CCNCCc2ccc3[nH]cc(C(=O)N(C)Cc4ccc(Cl)cc4)c(=O)c3c2)ccc1O. The molecule has 1 unspecified atom stereocenters. The van der Waals surface area contributed by atoms with E-state index in [1.165, 1.54) is 24.3 Å². The van der Waals surface area contributed by atoms with Crippen LogP contribution in [0, 0.1) is 0 Å². The summed E-state index contributed by atoms with van der Waals surface area (Å²) in [6.45, 7) is 1.59. The summed E-state index contributed by atoms with van der Waals surface area (Å²) in [5.41, 5.74) is 3.00. The molecule has 0 spiro atoms. The van der Waals surface area contributed by atoms with E-state index in [1.807, 2.05) is 30.3 Å². The minimum Gasteiger partial charge on any atom is -0.504 e. The maximum Gasteiger partial charge on any atom is 0.259 e. The first-order valence-electron chi connectivity index (χ1n) is 12.7. The number of fused-ring (bicyclic) bond motifs is 1. The highest BCUT2D eigenvalue weighted by molar-refractivity contribution is 6.30. The molecule has 0 fully saturated rings. The number of methoxy groups -OCH3 is 1. The Kier molecular flexibility index (Phi) is 9.24. The van der Waals surface area contributed by atoms with Gasteiger partial charge >= 0.3 is 0 Å². The van der Waals surface area contributed by atoms with Gasteiger partial charge in [0.25, 0.3) is 5.91 Å². The predicted molar refractivity (Wildman–Crippen MR) is 153 cm³/mol. The molecule has 4 aromatic rings. The summed E-state index contributed by atoms with van der Waals surface area (Å²) in [7, 11) is 3.13. The minimum atomic E-state index is -0.694. The summed E-state index contributed by atoms with van der Waals surface area (Å²) in [6.07, 6.45) is 1.94. The molecule has 9 heteroatoms. The van der Waals surface area contributed by atoms with Crippen LogP contribution >= 0.6 is 11.6 Å². The number of aliphatic hydroxyl groups excluding tert-OH is 1. The van der Waals surface area contributed by atoms with E-state index in [-0.39, 0.29) is 22.6 Å². The zero-order valence-corrected chi connectivity index (χ0v) is 22.7. The Hall–Kier alpha value is -3.85. The first kappa shape index (κ1) is 28.2. The molecule has 0 saturated heterocycles. The molecule has 0 aliphatic heterocycles. The summed E-state index contributed by atoms with van der Waals surface area (Å²) in [4.78, 5) is 30.9. The van der Waals surface area contributed by atoms with Crippen LogP contribution < -0.4 is 15.5 Å². The number of phenols is 1. The number of rotatable bonds is 11. The van der Waals surface area contributed by atoms with Gasteiger partial charge in [0.1, 0.15) is 5.56 Å². The third-order valence-electron chi connectivity index (χ3n) is 6.63. The number of phenolic OH excluding ortho intramolecular Hbond substituents is 1. The Morgan fingerprint density at radius 2 is 1.82 bits per heavy atom. The van der Waals surface area contributed by atoms with Gasteiger partial charge in [-0.15, -0.1) is 0 Å². The largest absolute Gasteiger partial charge is 0.504 e. The molecule has 8 nitrogen and oxygen atoms in total. The van der Waals surface area contributed by atoms with Crippen LogP contribution in [0.15, 0.2) is 71.7 Å². The van der Waals surface area contributed by atoms with Gasteiger partial charge in [0.2, 0.25) is 5.43 Å². The van der Waals surface area contributed by atoms with Crippen LogP contribution in [0.1, 0.15) is 39.6 Å². The summed E-state index contributed by atoms with van der Waals surface area (Å²) >= 11 is 5.94. The van der Waals surface area contributed by atoms with Gasteiger partial charge in [-0.05, 0) is 79.0 Å². The van der Waals surface area contributed by atoms with Crippen molar-refractivity contribution in [2.75, 3.05) is 27.2 Å². The first-order valence-corrected chi connectivity index (χ1v) is 13.0. The maximum atomic E-state index is 13.2. The van der Waals surface area contributed by atoms with Crippen LogP contribution in [-0.4, -0.2) is 53.3 Å². The Labute approximate surface area is 231 Å². The van der Waals surface area contributed by atoms with Gasteiger partial charge in [0.05, 0.1) is 13.2 Å². The quantitative estimate of drug-likeness (QED) is 0.206. The van der Waals surface area contributed by atoms with Gasteiger partial charge in [0, 0.05) is 35.7 Å². The summed E-state index contributed by atoms with van der Waals surface area (Å²) in [6, 6.07) is 17.7.